The van der Waals surface area contributed by atoms with E-state index < -0.39 is 0 Å². The summed E-state index contributed by atoms with van der Waals surface area (Å²) in [6, 6.07) is 0. The van der Waals surface area contributed by atoms with E-state index in [2.05, 4.69) is 16.6 Å². The zero-order valence-electron chi connectivity index (χ0n) is 9.08. The quantitative estimate of drug-likeness (QED) is 0.765. The van der Waals surface area contributed by atoms with Gasteiger partial charge in [-0.05, 0) is 43.7 Å². The molecular formula is C11H19N3. The number of aryl methyl sites for hydroxylation is 2. The third-order valence-electron chi connectivity index (χ3n) is 3.21. The number of nitrogens with one attached hydrogen (secondary N) is 1. The highest BCUT2D eigenvalue weighted by Crippen LogP contribution is 2.48. The molecule has 2 rings (SSSR count). The van der Waals surface area contributed by atoms with Crippen LogP contribution >= 0.6 is 0 Å². The van der Waals surface area contributed by atoms with Crippen LogP contribution in [0.1, 0.15) is 24.8 Å². The van der Waals surface area contributed by atoms with Gasteiger partial charge in [0.25, 0.3) is 0 Å². The van der Waals surface area contributed by atoms with Crippen LogP contribution in [0.25, 0.3) is 0 Å². The Morgan fingerprint density at radius 1 is 1.57 bits per heavy atom. The van der Waals surface area contributed by atoms with Gasteiger partial charge in [-0.2, -0.15) is 5.10 Å². The van der Waals surface area contributed by atoms with Crippen molar-refractivity contribution in [2.24, 2.45) is 12.5 Å². The molecule has 0 radical (unpaired) electrons. The molecule has 3 nitrogen and oxygen atoms in total. The first kappa shape index (κ1) is 9.71. The SMILES string of the molecule is CNCC1(CCc2cnn(C)c2)CC1. The minimum absolute atomic E-state index is 0.616. The molecule has 0 bridgehead atoms. The second-order valence-corrected chi connectivity index (χ2v) is 4.55. The molecule has 0 aromatic carbocycles. The molecule has 1 aliphatic carbocycles. The number of hydrogen-bond donors (Lipinski definition) is 1. The topological polar surface area (TPSA) is 29.9 Å². The summed E-state index contributed by atoms with van der Waals surface area (Å²) in [6.07, 6.45) is 9.38. The highest BCUT2D eigenvalue weighted by molar-refractivity contribution is 5.06. The predicted molar refractivity (Wildman–Crippen MR) is 57.1 cm³/mol. The van der Waals surface area contributed by atoms with Crippen LogP contribution in [0.5, 0.6) is 0 Å². The van der Waals surface area contributed by atoms with Gasteiger partial charge in [0, 0.05) is 19.8 Å². The van der Waals surface area contributed by atoms with E-state index in [1.807, 2.05) is 25.0 Å². The van der Waals surface area contributed by atoms with Gasteiger partial charge in [-0.15, -0.1) is 0 Å². The molecule has 1 N–H and O–H groups in total. The predicted octanol–water partition coefficient (Wildman–Crippen LogP) is 1.35. The lowest BCUT2D eigenvalue weighted by molar-refractivity contribution is 0.444. The molecule has 0 atom stereocenters. The van der Waals surface area contributed by atoms with Crippen LogP contribution in [0.2, 0.25) is 0 Å². The molecule has 1 aliphatic rings. The Kier molecular flexibility index (Phi) is 2.59. The van der Waals surface area contributed by atoms with Crippen molar-refractivity contribution in [2.75, 3.05) is 13.6 Å². The average molecular weight is 193 g/mol. The first-order valence-corrected chi connectivity index (χ1v) is 5.36. The van der Waals surface area contributed by atoms with Gasteiger partial charge in [-0.25, -0.2) is 0 Å². The van der Waals surface area contributed by atoms with Crippen molar-refractivity contribution < 1.29 is 0 Å². The van der Waals surface area contributed by atoms with E-state index in [1.165, 1.54) is 37.8 Å². The van der Waals surface area contributed by atoms with Crippen molar-refractivity contribution in [2.45, 2.75) is 25.7 Å². The van der Waals surface area contributed by atoms with Crippen molar-refractivity contribution in [3.63, 3.8) is 0 Å². The lowest BCUT2D eigenvalue weighted by Gasteiger charge is -2.12. The maximum absolute atomic E-state index is 4.18. The standard InChI is InChI=1S/C11H19N3/c1-12-9-11(5-6-11)4-3-10-7-13-14(2)8-10/h7-8,12H,3-6,9H2,1-2H3. The largest absolute Gasteiger partial charge is 0.319 e. The fourth-order valence-corrected chi connectivity index (χ4v) is 2.08. The van der Waals surface area contributed by atoms with Crippen LogP contribution in [0.3, 0.4) is 0 Å². The Labute approximate surface area is 85.5 Å². The normalized spacial score (nSPS) is 18.4. The summed E-state index contributed by atoms with van der Waals surface area (Å²) < 4.78 is 1.88. The lowest BCUT2D eigenvalue weighted by atomic mass is 9.98. The van der Waals surface area contributed by atoms with E-state index >= 15 is 0 Å². The smallest absolute Gasteiger partial charge is 0.0521 e. The van der Waals surface area contributed by atoms with E-state index in [0.717, 1.165) is 0 Å². The van der Waals surface area contributed by atoms with Crippen molar-refractivity contribution in [3.8, 4) is 0 Å². The summed E-state index contributed by atoms with van der Waals surface area (Å²) in [5.74, 6) is 0. The minimum Gasteiger partial charge on any atom is -0.319 e. The Morgan fingerprint density at radius 3 is 2.86 bits per heavy atom. The monoisotopic (exact) mass is 193 g/mol. The summed E-state index contributed by atoms with van der Waals surface area (Å²) in [4.78, 5) is 0. The van der Waals surface area contributed by atoms with Crippen molar-refractivity contribution in [1.82, 2.24) is 15.1 Å². The summed E-state index contributed by atoms with van der Waals surface area (Å²) in [5.41, 5.74) is 1.99. The number of aromatic nitrogens is 2. The van der Waals surface area contributed by atoms with Gasteiger partial charge in [0.2, 0.25) is 0 Å². The molecule has 1 heterocycles. The van der Waals surface area contributed by atoms with Gasteiger partial charge >= 0.3 is 0 Å². The first-order valence-electron chi connectivity index (χ1n) is 5.36. The molecule has 14 heavy (non-hydrogen) atoms. The zero-order valence-corrected chi connectivity index (χ0v) is 9.08. The molecule has 3 heteroatoms. The molecule has 1 saturated carbocycles. The Bertz CT molecular complexity index is 299. The van der Waals surface area contributed by atoms with Crippen LogP contribution in [0.4, 0.5) is 0 Å². The number of hydrogen-bond acceptors (Lipinski definition) is 2. The van der Waals surface area contributed by atoms with E-state index in [9.17, 15) is 0 Å². The number of rotatable bonds is 5. The Morgan fingerprint density at radius 2 is 2.36 bits per heavy atom. The maximum Gasteiger partial charge on any atom is 0.0521 e. The van der Waals surface area contributed by atoms with Gasteiger partial charge in [-0.3, -0.25) is 4.68 Å². The van der Waals surface area contributed by atoms with Crippen LogP contribution in [0.15, 0.2) is 12.4 Å². The van der Waals surface area contributed by atoms with Crippen LogP contribution < -0.4 is 5.32 Å². The summed E-state index contributed by atoms with van der Waals surface area (Å²) in [5, 5.41) is 7.48. The van der Waals surface area contributed by atoms with Crippen molar-refractivity contribution >= 4 is 0 Å². The van der Waals surface area contributed by atoms with Gasteiger partial charge < -0.3 is 5.32 Å². The Hall–Kier alpha value is -0.830. The van der Waals surface area contributed by atoms with Crippen LogP contribution in [0, 0.1) is 5.41 Å². The maximum atomic E-state index is 4.18. The third kappa shape index (κ3) is 2.15. The Balaban J connectivity index is 1.82. The molecule has 1 aromatic rings. The van der Waals surface area contributed by atoms with Gasteiger partial charge in [-0.1, -0.05) is 0 Å². The fraction of sp³-hybridized carbons (Fsp3) is 0.727. The van der Waals surface area contributed by atoms with Crippen LogP contribution in [-0.4, -0.2) is 23.4 Å². The van der Waals surface area contributed by atoms with Crippen molar-refractivity contribution in [3.05, 3.63) is 18.0 Å². The molecule has 0 amide bonds. The lowest BCUT2D eigenvalue weighted by Crippen LogP contribution is -2.20. The second kappa shape index (κ2) is 3.73. The highest BCUT2D eigenvalue weighted by atomic mass is 15.2. The van der Waals surface area contributed by atoms with E-state index in [-0.39, 0.29) is 0 Å². The minimum atomic E-state index is 0.616. The molecule has 0 unspecified atom stereocenters. The summed E-state index contributed by atoms with van der Waals surface area (Å²) >= 11 is 0. The summed E-state index contributed by atoms with van der Waals surface area (Å²) in [6.45, 7) is 1.17. The highest BCUT2D eigenvalue weighted by Gasteiger charge is 2.40. The molecule has 0 aliphatic heterocycles. The molecule has 1 aromatic heterocycles. The second-order valence-electron chi connectivity index (χ2n) is 4.55. The van der Waals surface area contributed by atoms with Crippen molar-refractivity contribution in [1.29, 1.82) is 0 Å². The number of nitrogens with zero attached hydrogens (tertiary/aromatic N) is 2. The van der Waals surface area contributed by atoms with Gasteiger partial charge in [0.1, 0.15) is 0 Å². The molecule has 1 fully saturated rings. The zero-order chi connectivity index (χ0) is 10.0. The summed E-state index contributed by atoms with van der Waals surface area (Å²) in [7, 11) is 4.02. The average Bonchev–Trinajstić information content (AvgIpc) is 2.80. The molecule has 0 saturated heterocycles. The molecular weight excluding hydrogens is 174 g/mol. The van der Waals surface area contributed by atoms with Gasteiger partial charge in [0.15, 0.2) is 0 Å². The van der Waals surface area contributed by atoms with Crippen LogP contribution in [-0.2, 0) is 13.5 Å². The van der Waals surface area contributed by atoms with E-state index in [0.29, 0.717) is 5.41 Å². The van der Waals surface area contributed by atoms with E-state index in [1.54, 1.807) is 0 Å². The van der Waals surface area contributed by atoms with E-state index in [4.69, 9.17) is 0 Å². The molecule has 78 valence electrons. The molecule has 0 spiro atoms. The first-order chi connectivity index (χ1) is 6.74. The third-order valence-corrected chi connectivity index (χ3v) is 3.21. The fourth-order valence-electron chi connectivity index (χ4n) is 2.08. The van der Waals surface area contributed by atoms with Gasteiger partial charge in [0.05, 0.1) is 6.20 Å².